The molecule has 0 aliphatic heterocycles. The van der Waals surface area contributed by atoms with Crippen LogP contribution in [0.2, 0.25) is 0 Å². The van der Waals surface area contributed by atoms with Gasteiger partial charge in [-0.15, -0.1) is 0 Å². The third kappa shape index (κ3) is 5.79. The van der Waals surface area contributed by atoms with Crippen molar-refractivity contribution in [2.45, 2.75) is 19.8 Å². The van der Waals surface area contributed by atoms with Crippen molar-refractivity contribution in [1.82, 2.24) is 0 Å². The summed E-state index contributed by atoms with van der Waals surface area (Å²) < 4.78 is 5.19. The lowest BCUT2D eigenvalue weighted by Gasteiger charge is -2.14. The molecule has 0 unspecified atom stereocenters. The lowest BCUT2D eigenvalue weighted by atomic mass is 10.0. The molecule has 2 amide bonds. The molecular formula is C25H24N2O4. The van der Waals surface area contributed by atoms with E-state index in [1.165, 1.54) is 6.07 Å². The van der Waals surface area contributed by atoms with Gasteiger partial charge in [0.15, 0.2) is 6.61 Å². The number of esters is 1. The van der Waals surface area contributed by atoms with Gasteiger partial charge in [0.05, 0.1) is 11.3 Å². The normalized spacial score (nSPS) is 10.4. The predicted molar refractivity (Wildman–Crippen MR) is 120 cm³/mol. The number of rotatable bonds is 7. The molecule has 3 rings (SSSR count). The first-order valence-electron chi connectivity index (χ1n) is 9.97. The van der Waals surface area contributed by atoms with Crippen molar-refractivity contribution >= 4 is 29.2 Å². The van der Waals surface area contributed by atoms with Gasteiger partial charge in [-0.2, -0.15) is 0 Å². The van der Waals surface area contributed by atoms with Gasteiger partial charge < -0.3 is 15.4 Å². The van der Waals surface area contributed by atoms with E-state index in [-0.39, 0.29) is 17.4 Å². The maximum absolute atomic E-state index is 12.6. The van der Waals surface area contributed by atoms with Gasteiger partial charge in [-0.25, -0.2) is 4.79 Å². The van der Waals surface area contributed by atoms with Crippen LogP contribution in [0, 0.1) is 0 Å². The first kappa shape index (κ1) is 21.8. The van der Waals surface area contributed by atoms with Crippen LogP contribution in [-0.2, 0) is 9.53 Å². The number of carbonyl (C=O) groups is 3. The summed E-state index contributed by atoms with van der Waals surface area (Å²) in [5, 5.41) is 5.50. The molecule has 6 heteroatoms. The molecule has 0 saturated carbocycles. The molecule has 0 aliphatic rings. The number of ether oxygens (including phenoxy) is 1. The molecule has 0 atom stereocenters. The van der Waals surface area contributed by atoms with Crippen molar-refractivity contribution in [3.8, 4) is 0 Å². The van der Waals surface area contributed by atoms with E-state index in [4.69, 9.17) is 4.74 Å². The van der Waals surface area contributed by atoms with Crippen LogP contribution in [-0.4, -0.2) is 24.4 Å². The Labute approximate surface area is 181 Å². The van der Waals surface area contributed by atoms with E-state index in [1.807, 2.05) is 44.2 Å². The molecule has 0 heterocycles. The number of amides is 2. The number of hydrogen-bond acceptors (Lipinski definition) is 4. The minimum Gasteiger partial charge on any atom is -0.452 e. The Bertz CT molecular complexity index is 1080. The summed E-state index contributed by atoms with van der Waals surface area (Å²) in [7, 11) is 0. The van der Waals surface area contributed by atoms with Crippen LogP contribution in [0.1, 0.15) is 46.0 Å². The van der Waals surface area contributed by atoms with Gasteiger partial charge >= 0.3 is 5.97 Å². The number of anilines is 2. The Morgan fingerprint density at radius 3 is 2.10 bits per heavy atom. The van der Waals surface area contributed by atoms with E-state index in [0.717, 1.165) is 5.56 Å². The molecule has 0 fully saturated rings. The topological polar surface area (TPSA) is 84.5 Å². The molecule has 3 aromatic rings. The predicted octanol–water partition coefficient (Wildman–Crippen LogP) is 4.86. The molecule has 3 aromatic carbocycles. The highest BCUT2D eigenvalue weighted by molar-refractivity contribution is 6.08. The molecule has 6 nitrogen and oxygen atoms in total. The number of hydrogen-bond donors (Lipinski definition) is 2. The van der Waals surface area contributed by atoms with Crippen LogP contribution in [0.25, 0.3) is 0 Å². The van der Waals surface area contributed by atoms with Crippen molar-refractivity contribution in [2.75, 3.05) is 17.2 Å². The Morgan fingerprint density at radius 1 is 0.774 bits per heavy atom. The standard InChI is InChI=1S/C25H24N2O4/c1-17(2)19-12-6-8-14-21(19)26-23(28)16-31-25(30)20-13-7-9-15-22(20)27-24(29)18-10-4-3-5-11-18/h3-15,17H,16H2,1-2H3,(H,26,28)(H,27,29). The van der Waals surface area contributed by atoms with E-state index in [0.29, 0.717) is 16.9 Å². The summed E-state index contributed by atoms with van der Waals surface area (Å²) in [5.41, 5.74) is 2.63. The monoisotopic (exact) mass is 416 g/mol. The zero-order valence-electron chi connectivity index (χ0n) is 17.4. The highest BCUT2D eigenvalue weighted by Crippen LogP contribution is 2.23. The zero-order valence-corrected chi connectivity index (χ0v) is 17.4. The smallest absolute Gasteiger partial charge is 0.340 e. The molecule has 31 heavy (non-hydrogen) atoms. The van der Waals surface area contributed by atoms with Gasteiger partial charge in [-0.3, -0.25) is 9.59 Å². The van der Waals surface area contributed by atoms with Crippen LogP contribution in [0.5, 0.6) is 0 Å². The van der Waals surface area contributed by atoms with Crippen LogP contribution in [0.15, 0.2) is 78.9 Å². The zero-order chi connectivity index (χ0) is 22.2. The molecule has 0 saturated heterocycles. The van der Waals surface area contributed by atoms with E-state index < -0.39 is 18.5 Å². The molecule has 0 bridgehead atoms. The summed E-state index contributed by atoms with van der Waals surface area (Å²) in [5.74, 6) is -1.24. The summed E-state index contributed by atoms with van der Waals surface area (Å²) in [6, 6.07) is 22.7. The van der Waals surface area contributed by atoms with Gasteiger partial charge in [0.1, 0.15) is 0 Å². The second-order valence-corrected chi connectivity index (χ2v) is 7.23. The number of nitrogens with one attached hydrogen (secondary N) is 2. The Kier molecular flexibility index (Phi) is 7.17. The SMILES string of the molecule is CC(C)c1ccccc1NC(=O)COC(=O)c1ccccc1NC(=O)c1ccccc1. The second-order valence-electron chi connectivity index (χ2n) is 7.23. The quantitative estimate of drug-likeness (QED) is 0.539. The van der Waals surface area contributed by atoms with E-state index in [2.05, 4.69) is 10.6 Å². The minimum atomic E-state index is -0.698. The third-order valence-electron chi connectivity index (χ3n) is 4.62. The molecule has 2 N–H and O–H groups in total. The first-order valence-corrected chi connectivity index (χ1v) is 9.97. The van der Waals surface area contributed by atoms with Crippen molar-refractivity contribution < 1.29 is 19.1 Å². The highest BCUT2D eigenvalue weighted by Gasteiger charge is 2.17. The molecule has 158 valence electrons. The highest BCUT2D eigenvalue weighted by atomic mass is 16.5. The molecule has 0 aromatic heterocycles. The molecule has 0 spiro atoms. The molecule has 0 aliphatic carbocycles. The van der Waals surface area contributed by atoms with Crippen LogP contribution in [0.4, 0.5) is 11.4 Å². The van der Waals surface area contributed by atoms with Crippen LogP contribution >= 0.6 is 0 Å². The summed E-state index contributed by atoms with van der Waals surface area (Å²) >= 11 is 0. The van der Waals surface area contributed by atoms with Gasteiger partial charge in [0, 0.05) is 11.3 Å². The fourth-order valence-electron chi connectivity index (χ4n) is 3.06. The lowest BCUT2D eigenvalue weighted by molar-refractivity contribution is -0.119. The summed E-state index contributed by atoms with van der Waals surface area (Å²) in [6.07, 6.45) is 0. The molecular weight excluding hydrogens is 392 g/mol. The Balaban J connectivity index is 1.64. The maximum atomic E-state index is 12.6. The third-order valence-corrected chi connectivity index (χ3v) is 4.62. The molecule has 0 radical (unpaired) electrons. The first-order chi connectivity index (χ1) is 15.0. The van der Waals surface area contributed by atoms with Gasteiger partial charge in [-0.1, -0.05) is 62.4 Å². The average Bonchev–Trinajstić information content (AvgIpc) is 2.78. The van der Waals surface area contributed by atoms with E-state index >= 15 is 0 Å². The Hall–Kier alpha value is -3.93. The van der Waals surface area contributed by atoms with E-state index in [1.54, 1.807) is 42.5 Å². The van der Waals surface area contributed by atoms with Crippen molar-refractivity contribution in [1.29, 1.82) is 0 Å². The summed E-state index contributed by atoms with van der Waals surface area (Å²) in [4.78, 5) is 37.3. The lowest BCUT2D eigenvalue weighted by Crippen LogP contribution is -2.22. The number of benzene rings is 3. The average molecular weight is 416 g/mol. The fraction of sp³-hybridized carbons (Fsp3) is 0.160. The van der Waals surface area contributed by atoms with Gasteiger partial charge in [0.2, 0.25) is 0 Å². The Morgan fingerprint density at radius 2 is 1.39 bits per heavy atom. The number of para-hydroxylation sites is 2. The maximum Gasteiger partial charge on any atom is 0.340 e. The van der Waals surface area contributed by atoms with Gasteiger partial charge in [0.25, 0.3) is 11.8 Å². The fourth-order valence-corrected chi connectivity index (χ4v) is 3.06. The van der Waals surface area contributed by atoms with Crippen LogP contribution in [0.3, 0.4) is 0 Å². The minimum absolute atomic E-state index is 0.169. The van der Waals surface area contributed by atoms with Crippen molar-refractivity contribution in [3.05, 3.63) is 95.6 Å². The van der Waals surface area contributed by atoms with Crippen molar-refractivity contribution in [2.24, 2.45) is 0 Å². The second kappa shape index (κ2) is 10.2. The van der Waals surface area contributed by atoms with Crippen LogP contribution < -0.4 is 10.6 Å². The van der Waals surface area contributed by atoms with Crippen molar-refractivity contribution in [3.63, 3.8) is 0 Å². The largest absolute Gasteiger partial charge is 0.452 e. The number of carbonyl (C=O) groups excluding carboxylic acids is 3. The van der Waals surface area contributed by atoms with Gasteiger partial charge in [-0.05, 0) is 41.8 Å². The van der Waals surface area contributed by atoms with E-state index in [9.17, 15) is 14.4 Å². The summed E-state index contributed by atoms with van der Waals surface area (Å²) in [6.45, 7) is 3.63.